The van der Waals surface area contributed by atoms with Crippen molar-refractivity contribution in [3.05, 3.63) is 57.8 Å². The number of nitrogens with zero attached hydrogens (tertiary/aromatic N) is 3. The van der Waals surface area contributed by atoms with Crippen LogP contribution in [0.2, 0.25) is 0 Å². The number of H-pyrrole nitrogens is 1. The quantitative estimate of drug-likeness (QED) is 0.877. The predicted octanol–water partition coefficient (Wildman–Crippen LogP) is 1.43. The highest BCUT2D eigenvalue weighted by atomic mass is 16.5. The Morgan fingerprint density at radius 3 is 2.92 bits per heavy atom. The van der Waals surface area contributed by atoms with Gasteiger partial charge in [-0.05, 0) is 33.2 Å². The summed E-state index contributed by atoms with van der Waals surface area (Å²) < 4.78 is 6.04. The van der Waals surface area contributed by atoms with E-state index in [9.17, 15) is 9.59 Å². The summed E-state index contributed by atoms with van der Waals surface area (Å²) in [7, 11) is 3.98. The van der Waals surface area contributed by atoms with E-state index in [1.165, 1.54) is 6.07 Å². The third-order valence-corrected chi connectivity index (χ3v) is 4.23. The van der Waals surface area contributed by atoms with Gasteiger partial charge in [0.2, 0.25) is 5.56 Å². The van der Waals surface area contributed by atoms with Gasteiger partial charge in [-0.25, -0.2) is 0 Å². The van der Waals surface area contributed by atoms with E-state index in [4.69, 9.17) is 4.74 Å². The average molecular weight is 356 g/mol. The van der Waals surface area contributed by atoms with Gasteiger partial charge in [-0.3, -0.25) is 14.6 Å². The molecule has 2 aromatic heterocycles. The Morgan fingerprint density at radius 1 is 1.38 bits per heavy atom. The van der Waals surface area contributed by atoms with Crippen LogP contribution in [0.1, 0.15) is 28.2 Å². The lowest BCUT2D eigenvalue weighted by Crippen LogP contribution is -2.31. The number of ether oxygens (including phenoxy) is 1. The van der Waals surface area contributed by atoms with Gasteiger partial charge in [0.1, 0.15) is 11.9 Å². The zero-order valence-electron chi connectivity index (χ0n) is 15.4. The fraction of sp³-hybridized carbons (Fsp3) is 0.421. The van der Waals surface area contributed by atoms with Gasteiger partial charge in [-0.1, -0.05) is 0 Å². The molecule has 138 valence electrons. The minimum absolute atomic E-state index is 0.0587. The van der Waals surface area contributed by atoms with Gasteiger partial charge in [0.25, 0.3) is 5.91 Å². The van der Waals surface area contributed by atoms with Crippen molar-refractivity contribution >= 4 is 5.91 Å². The number of likely N-dealkylation sites (tertiary alicyclic amines) is 1. The van der Waals surface area contributed by atoms with Crippen LogP contribution in [0.15, 0.2) is 35.3 Å². The number of carbonyl (C=O) groups excluding carboxylic acids is 1. The number of aryl methyl sites for hydroxylation is 1. The van der Waals surface area contributed by atoms with E-state index >= 15 is 0 Å². The molecule has 3 rings (SSSR count). The summed E-state index contributed by atoms with van der Waals surface area (Å²) in [6.07, 6.45) is 2.45. The van der Waals surface area contributed by atoms with Crippen LogP contribution in [-0.2, 0) is 6.54 Å². The maximum atomic E-state index is 12.6. The van der Waals surface area contributed by atoms with Gasteiger partial charge < -0.3 is 19.5 Å². The first-order valence-electron chi connectivity index (χ1n) is 8.67. The molecule has 7 heteroatoms. The third kappa shape index (κ3) is 4.49. The lowest BCUT2D eigenvalue weighted by atomic mass is 10.2. The van der Waals surface area contributed by atoms with Gasteiger partial charge >= 0.3 is 0 Å². The molecule has 0 aromatic carbocycles. The van der Waals surface area contributed by atoms with Gasteiger partial charge in [0.15, 0.2) is 0 Å². The van der Waals surface area contributed by atoms with Crippen LogP contribution in [0, 0.1) is 6.92 Å². The highest BCUT2D eigenvalue weighted by molar-refractivity contribution is 5.94. The number of hydrogen-bond acceptors (Lipinski definition) is 5. The Labute approximate surface area is 152 Å². The molecule has 1 aliphatic heterocycles. The van der Waals surface area contributed by atoms with Crippen molar-refractivity contribution in [1.29, 1.82) is 0 Å². The number of rotatable bonds is 5. The molecule has 0 bridgehead atoms. The Bertz CT molecular complexity index is 847. The molecular weight excluding hydrogens is 332 g/mol. The molecule has 1 aliphatic rings. The van der Waals surface area contributed by atoms with E-state index in [-0.39, 0.29) is 17.6 Å². The summed E-state index contributed by atoms with van der Waals surface area (Å²) in [4.78, 5) is 35.0. The summed E-state index contributed by atoms with van der Waals surface area (Å²) in [5.41, 5.74) is 1.78. The first-order chi connectivity index (χ1) is 12.4. The largest absolute Gasteiger partial charge is 0.488 e. The predicted molar refractivity (Wildman–Crippen MR) is 98.4 cm³/mol. The summed E-state index contributed by atoms with van der Waals surface area (Å²) in [6.45, 7) is 3.64. The van der Waals surface area contributed by atoms with E-state index in [2.05, 4.69) is 9.97 Å². The number of carbonyl (C=O) groups is 1. The number of hydrogen-bond donors (Lipinski definition) is 1. The molecule has 1 saturated heterocycles. The molecule has 1 N–H and O–H groups in total. The van der Waals surface area contributed by atoms with Crippen LogP contribution >= 0.6 is 0 Å². The summed E-state index contributed by atoms with van der Waals surface area (Å²) >= 11 is 0. The van der Waals surface area contributed by atoms with Gasteiger partial charge in [0.05, 0.1) is 12.2 Å². The monoisotopic (exact) mass is 356 g/mol. The molecule has 0 spiro atoms. The van der Waals surface area contributed by atoms with E-state index in [0.29, 0.717) is 24.3 Å². The number of amides is 1. The highest BCUT2D eigenvalue weighted by Crippen LogP contribution is 2.20. The van der Waals surface area contributed by atoms with Crippen molar-refractivity contribution in [2.45, 2.75) is 26.0 Å². The molecule has 1 fully saturated rings. The molecular formula is C19H24N4O3. The summed E-state index contributed by atoms with van der Waals surface area (Å²) in [5.74, 6) is 0.636. The molecule has 26 heavy (non-hydrogen) atoms. The fourth-order valence-corrected chi connectivity index (χ4v) is 3.13. The summed E-state index contributed by atoms with van der Waals surface area (Å²) in [6, 6.07) is 6.82. The SMILES string of the molecule is Cc1cc(C(=O)N2CCC(Oc3ccnc(CN(C)C)c3)C2)cc(=O)[nH]1. The minimum Gasteiger partial charge on any atom is -0.488 e. The Balaban J connectivity index is 1.63. The molecule has 1 amide bonds. The Kier molecular flexibility index (Phi) is 5.37. The van der Waals surface area contributed by atoms with Crippen LogP contribution in [-0.4, -0.2) is 59.0 Å². The highest BCUT2D eigenvalue weighted by Gasteiger charge is 2.28. The molecule has 0 radical (unpaired) electrons. The second-order valence-corrected chi connectivity index (χ2v) is 6.92. The van der Waals surface area contributed by atoms with Crippen molar-refractivity contribution in [2.75, 3.05) is 27.2 Å². The standard InChI is InChI=1S/C19H24N4O3/c1-13-8-14(9-18(24)21-13)19(25)23-7-5-17(12-23)26-16-4-6-20-15(10-16)11-22(2)3/h4,6,8-10,17H,5,7,11-12H2,1-3H3,(H,21,24). The van der Waals surface area contributed by atoms with Crippen molar-refractivity contribution in [3.63, 3.8) is 0 Å². The van der Waals surface area contributed by atoms with Crippen LogP contribution in [0.3, 0.4) is 0 Å². The van der Waals surface area contributed by atoms with E-state index in [1.54, 1.807) is 24.1 Å². The molecule has 3 heterocycles. The Hall–Kier alpha value is -2.67. The molecule has 7 nitrogen and oxygen atoms in total. The maximum Gasteiger partial charge on any atom is 0.254 e. The lowest BCUT2D eigenvalue weighted by Gasteiger charge is -2.18. The van der Waals surface area contributed by atoms with E-state index in [0.717, 1.165) is 24.4 Å². The van der Waals surface area contributed by atoms with Crippen LogP contribution in [0.5, 0.6) is 5.75 Å². The van der Waals surface area contributed by atoms with Crippen molar-refractivity contribution in [1.82, 2.24) is 19.8 Å². The molecule has 2 aromatic rings. The smallest absolute Gasteiger partial charge is 0.254 e. The van der Waals surface area contributed by atoms with Crippen LogP contribution in [0.25, 0.3) is 0 Å². The van der Waals surface area contributed by atoms with Gasteiger partial charge in [-0.15, -0.1) is 0 Å². The molecule has 0 aliphatic carbocycles. The molecule has 0 saturated carbocycles. The van der Waals surface area contributed by atoms with Gasteiger partial charge in [-0.2, -0.15) is 0 Å². The lowest BCUT2D eigenvalue weighted by molar-refractivity contribution is 0.0772. The third-order valence-electron chi connectivity index (χ3n) is 4.23. The molecule has 1 unspecified atom stereocenters. The summed E-state index contributed by atoms with van der Waals surface area (Å²) in [5, 5.41) is 0. The zero-order chi connectivity index (χ0) is 18.7. The first kappa shape index (κ1) is 18.1. The number of aromatic amines is 1. The average Bonchev–Trinajstić information content (AvgIpc) is 3.01. The van der Waals surface area contributed by atoms with Crippen LogP contribution in [0.4, 0.5) is 0 Å². The maximum absolute atomic E-state index is 12.6. The topological polar surface area (TPSA) is 78.5 Å². The van der Waals surface area contributed by atoms with Gasteiger partial charge in [0, 0.05) is 49.1 Å². The van der Waals surface area contributed by atoms with Crippen molar-refractivity contribution < 1.29 is 9.53 Å². The second-order valence-electron chi connectivity index (χ2n) is 6.92. The number of aromatic nitrogens is 2. The van der Waals surface area contributed by atoms with E-state index in [1.807, 2.05) is 31.1 Å². The normalized spacial score (nSPS) is 16.9. The second kappa shape index (κ2) is 7.70. The zero-order valence-corrected chi connectivity index (χ0v) is 15.4. The Morgan fingerprint density at radius 2 is 2.19 bits per heavy atom. The number of nitrogens with one attached hydrogen (secondary N) is 1. The minimum atomic E-state index is -0.259. The van der Waals surface area contributed by atoms with Crippen molar-refractivity contribution in [2.24, 2.45) is 0 Å². The van der Waals surface area contributed by atoms with Crippen LogP contribution < -0.4 is 10.3 Å². The number of pyridine rings is 2. The first-order valence-corrected chi connectivity index (χ1v) is 8.67. The molecule has 1 atom stereocenters. The fourth-order valence-electron chi connectivity index (χ4n) is 3.13. The van der Waals surface area contributed by atoms with E-state index < -0.39 is 0 Å². The van der Waals surface area contributed by atoms with Crippen molar-refractivity contribution in [3.8, 4) is 5.75 Å².